The summed E-state index contributed by atoms with van der Waals surface area (Å²) < 4.78 is 0. The van der Waals surface area contributed by atoms with Crippen LogP contribution in [0, 0.1) is 0 Å². The molecule has 0 fully saturated rings. The first-order valence-electron chi connectivity index (χ1n) is 6.19. The summed E-state index contributed by atoms with van der Waals surface area (Å²) in [5.41, 5.74) is 4.18. The summed E-state index contributed by atoms with van der Waals surface area (Å²) in [7, 11) is 2.16. The van der Waals surface area contributed by atoms with E-state index in [1.54, 1.807) is 11.3 Å². The van der Waals surface area contributed by atoms with E-state index in [9.17, 15) is 0 Å². The minimum atomic E-state index is 0.0787. The lowest BCUT2D eigenvalue weighted by atomic mass is 9.84. The zero-order valence-electron chi connectivity index (χ0n) is 11.0. The summed E-state index contributed by atoms with van der Waals surface area (Å²) in [5, 5.41) is 2.13. The molecule has 0 saturated carbocycles. The van der Waals surface area contributed by atoms with Crippen LogP contribution in [0.25, 0.3) is 6.08 Å². The Labute approximate surface area is 112 Å². The highest BCUT2D eigenvalue weighted by Gasteiger charge is 2.37. The lowest BCUT2D eigenvalue weighted by Crippen LogP contribution is -2.22. The number of thiophene rings is 1. The van der Waals surface area contributed by atoms with Gasteiger partial charge in [0.15, 0.2) is 0 Å². The van der Waals surface area contributed by atoms with Gasteiger partial charge in [0.2, 0.25) is 0 Å². The molecule has 1 aromatic heterocycles. The first kappa shape index (κ1) is 11.5. The molecule has 2 aromatic rings. The second kappa shape index (κ2) is 3.99. The van der Waals surface area contributed by atoms with Crippen molar-refractivity contribution in [3.05, 3.63) is 57.9 Å². The molecular weight excluding hydrogens is 238 g/mol. The molecular formula is C16H17NS. The minimum Gasteiger partial charge on any atom is -0.347 e. The molecule has 0 aliphatic carbocycles. The Bertz CT molecular complexity index is 593. The van der Waals surface area contributed by atoms with Gasteiger partial charge in [-0.25, -0.2) is 0 Å². The molecule has 0 radical (unpaired) electrons. The van der Waals surface area contributed by atoms with E-state index in [0.29, 0.717) is 0 Å². The predicted octanol–water partition coefficient (Wildman–Crippen LogP) is 4.52. The first-order valence-corrected chi connectivity index (χ1v) is 7.07. The Morgan fingerprint density at radius 1 is 1.11 bits per heavy atom. The molecule has 0 amide bonds. The van der Waals surface area contributed by atoms with Crippen LogP contribution in [-0.2, 0) is 5.41 Å². The van der Waals surface area contributed by atoms with Crippen molar-refractivity contribution >= 4 is 23.1 Å². The highest BCUT2D eigenvalue weighted by atomic mass is 32.1. The summed E-state index contributed by atoms with van der Waals surface area (Å²) >= 11 is 1.79. The van der Waals surface area contributed by atoms with Crippen molar-refractivity contribution in [3.63, 3.8) is 0 Å². The normalized spacial score (nSPS) is 19.3. The maximum absolute atomic E-state index is 2.31. The van der Waals surface area contributed by atoms with Gasteiger partial charge >= 0.3 is 0 Å². The molecule has 2 heterocycles. The third-order valence-electron chi connectivity index (χ3n) is 3.76. The van der Waals surface area contributed by atoms with Crippen LogP contribution in [0.1, 0.15) is 24.3 Å². The molecule has 18 heavy (non-hydrogen) atoms. The van der Waals surface area contributed by atoms with Crippen molar-refractivity contribution in [2.24, 2.45) is 0 Å². The Kier molecular flexibility index (Phi) is 2.56. The van der Waals surface area contributed by atoms with Crippen LogP contribution in [0.5, 0.6) is 0 Å². The number of hydrogen-bond donors (Lipinski definition) is 0. The fourth-order valence-corrected chi connectivity index (χ4v) is 3.42. The van der Waals surface area contributed by atoms with Gasteiger partial charge in [-0.2, -0.15) is 0 Å². The number of likely N-dealkylation sites (N-methyl/N-ethyl adjacent to an activating group) is 1. The molecule has 92 valence electrons. The number of allylic oxidation sites excluding steroid dienone is 1. The summed E-state index contributed by atoms with van der Waals surface area (Å²) in [6.45, 7) is 4.60. The largest absolute Gasteiger partial charge is 0.347 e. The first-order chi connectivity index (χ1) is 8.60. The summed E-state index contributed by atoms with van der Waals surface area (Å²) in [6.07, 6.45) is 2.31. The van der Waals surface area contributed by atoms with Gasteiger partial charge in [-0.05, 0) is 29.2 Å². The van der Waals surface area contributed by atoms with Crippen molar-refractivity contribution in [2.45, 2.75) is 19.3 Å². The van der Waals surface area contributed by atoms with Crippen molar-refractivity contribution in [1.82, 2.24) is 0 Å². The number of hydrogen-bond acceptors (Lipinski definition) is 2. The highest BCUT2D eigenvalue weighted by Crippen LogP contribution is 2.47. The molecule has 0 spiro atoms. The monoisotopic (exact) mass is 255 g/mol. The number of rotatable bonds is 1. The second-order valence-corrected chi connectivity index (χ2v) is 6.23. The fraction of sp³-hybridized carbons (Fsp3) is 0.250. The van der Waals surface area contributed by atoms with E-state index in [1.165, 1.54) is 21.8 Å². The summed E-state index contributed by atoms with van der Waals surface area (Å²) in [5.74, 6) is 0. The van der Waals surface area contributed by atoms with Crippen molar-refractivity contribution in [3.8, 4) is 0 Å². The maximum atomic E-state index is 2.31. The van der Waals surface area contributed by atoms with Gasteiger partial charge in [-0.3, -0.25) is 0 Å². The van der Waals surface area contributed by atoms with E-state index in [4.69, 9.17) is 0 Å². The fourth-order valence-electron chi connectivity index (χ4n) is 2.77. The lowest BCUT2D eigenvalue weighted by Gasteiger charge is -2.24. The molecule has 0 bridgehead atoms. The Balaban J connectivity index is 2.15. The summed E-state index contributed by atoms with van der Waals surface area (Å²) in [4.78, 5) is 3.63. The van der Waals surface area contributed by atoms with Crippen LogP contribution in [-0.4, -0.2) is 7.05 Å². The van der Waals surface area contributed by atoms with E-state index in [1.807, 2.05) is 0 Å². The van der Waals surface area contributed by atoms with Crippen LogP contribution in [0.3, 0.4) is 0 Å². The van der Waals surface area contributed by atoms with Gasteiger partial charge in [0.1, 0.15) is 0 Å². The van der Waals surface area contributed by atoms with Crippen LogP contribution in [0.4, 0.5) is 5.69 Å². The van der Waals surface area contributed by atoms with E-state index in [-0.39, 0.29) is 5.41 Å². The number of para-hydroxylation sites is 1. The molecule has 1 nitrogen and oxygen atoms in total. The molecule has 1 aliphatic heterocycles. The van der Waals surface area contributed by atoms with Gasteiger partial charge < -0.3 is 4.90 Å². The third kappa shape index (κ3) is 1.60. The lowest BCUT2D eigenvalue weighted by molar-refractivity contribution is 0.645. The Morgan fingerprint density at radius 2 is 1.89 bits per heavy atom. The van der Waals surface area contributed by atoms with Gasteiger partial charge in [0.25, 0.3) is 0 Å². The molecule has 0 unspecified atom stereocenters. The Hall–Kier alpha value is -1.54. The predicted molar refractivity (Wildman–Crippen MR) is 80.2 cm³/mol. The number of anilines is 1. The molecule has 1 aromatic carbocycles. The minimum absolute atomic E-state index is 0.0787. The quantitative estimate of drug-likeness (QED) is 0.724. The number of benzene rings is 1. The third-order valence-corrected chi connectivity index (χ3v) is 4.58. The standard InChI is InChI=1S/C16H17NS/c1-16(2)13-8-4-5-9-14(13)17(3)15(16)11-12-7-6-10-18-12/h4-11H,1-3H3. The van der Waals surface area contributed by atoms with Crippen molar-refractivity contribution < 1.29 is 0 Å². The van der Waals surface area contributed by atoms with Crippen LogP contribution in [0.15, 0.2) is 47.5 Å². The molecule has 0 saturated heterocycles. The number of nitrogens with zero attached hydrogens (tertiary/aromatic N) is 1. The van der Waals surface area contributed by atoms with Crippen molar-refractivity contribution in [2.75, 3.05) is 11.9 Å². The molecule has 2 heteroatoms. The van der Waals surface area contributed by atoms with E-state index < -0.39 is 0 Å². The Morgan fingerprint density at radius 3 is 2.56 bits per heavy atom. The summed E-state index contributed by atoms with van der Waals surface area (Å²) in [6, 6.07) is 13.0. The molecule has 0 N–H and O–H groups in total. The maximum Gasteiger partial charge on any atom is 0.0447 e. The molecule has 1 aliphatic rings. The average molecular weight is 255 g/mol. The zero-order valence-corrected chi connectivity index (χ0v) is 11.8. The SMILES string of the molecule is CN1C(=Cc2cccs2)C(C)(C)c2ccccc21. The van der Waals surface area contributed by atoms with Gasteiger partial charge in [-0.15, -0.1) is 11.3 Å². The highest BCUT2D eigenvalue weighted by molar-refractivity contribution is 7.10. The van der Waals surface area contributed by atoms with Crippen LogP contribution >= 0.6 is 11.3 Å². The van der Waals surface area contributed by atoms with Crippen molar-refractivity contribution in [1.29, 1.82) is 0 Å². The number of fused-ring (bicyclic) bond motifs is 1. The van der Waals surface area contributed by atoms with Crippen LogP contribution in [0.2, 0.25) is 0 Å². The van der Waals surface area contributed by atoms with Gasteiger partial charge in [0, 0.05) is 28.7 Å². The van der Waals surface area contributed by atoms with E-state index >= 15 is 0 Å². The average Bonchev–Trinajstić information content (AvgIpc) is 2.93. The smallest absolute Gasteiger partial charge is 0.0447 e. The van der Waals surface area contributed by atoms with Crippen LogP contribution < -0.4 is 4.90 Å². The van der Waals surface area contributed by atoms with Gasteiger partial charge in [0.05, 0.1) is 0 Å². The molecule has 3 rings (SSSR count). The topological polar surface area (TPSA) is 3.24 Å². The molecule has 0 atom stereocenters. The second-order valence-electron chi connectivity index (χ2n) is 5.25. The van der Waals surface area contributed by atoms with E-state index in [0.717, 1.165) is 0 Å². The zero-order chi connectivity index (χ0) is 12.8. The van der Waals surface area contributed by atoms with E-state index in [2.05, 4.69) is 73.6 Å². The van der Waals surface area contributed by atoms with Gasteiger partial charge in [-0.1, -0.05) is 38.1 Å².